The predicted molar refractivity (Wildman–Crippen MR) is 69.8 cm³/mol. The topological polar surface area (TPSA) is 51.5 Å². The van der Waals surface area contributed by atoms with Gasteiger partial charge in [0.2, 0.25) is 0 Å². The van der Waals surface area contributed by atoms with Gasteiger partial charge in [-0.15, -0.1) is 6.58 Å². The molecule has 0 bridgehead atoms. The normalized spacial score (nSPS) is 12.3. The summed E-state index contributed by atoms with van der Waals surface area (Å²) >= 11 is 0. The van der Waals surface area contributed by atoms with Crippen molar-refractivity contribution in [2.24, 2.45) is 7.05 Å². The molecule has 0 aliphatic heterocycles. The summed E-state index contributed by atoms with van der Waals surface area (Å²) < 4.78 is 6.67. The Morgan fingerprint density at radius 1 is 1.56 bits per heavy atom. The number of para-hydroxylation sites is 1. The minimum atomic E-state index is -1.26. The number of rotatable bonds is 4. The lowest BCUT2D eigenvalue weighted by molar-refractivity contribution is 0.0889. The van der Waals surface area contributed by atoms with Crippen LogP contribution in [0.1, 0.15) is 11.6 Å². The van der Waals surface area contributed by atoms with Crippen molar-refractivity contribution < 1.29 is 14.6 Å². The molecular weight excluding hydrogens is 230 g/mol. The molecule has 94 valence electrons. The van der Waals surface area contributed by atoms with Crippen molar-refractivity contribution in [3.8, 4) is 0 Å². The maximum absolute atomic E-state index is 10.4. The molecule has 2 aromatic rings. The van der Waals surface area contributed by atoms with Gasteiger partial charge in [0.05, 0.1) is 5.92 Å². The molecule has 1 aromatic carbocycles. The minimum absolute atomic E-state index is 0.0863. The van der Waals surface area contributed by atoms with E-state index in [1.54, 1.807) is 6.08 Å². The summed E-state index contributed by atoms with van der Waals surface area (Å²) in [7, 11) is 1.95. The Labute approximate surface area is 105 Å². The van der Waals surface area contributed by atoms with Gasteiger partial charge in [0.25, 0.3) is 0 Å². The quantitative estimate of drug-likeness (QED) is 0.665. The van der Waals surface area contributed by atoms with Crippen LogP contribution in [0.15, 0.2) is 43.0 Å². The number of fused-ring (bicyclic) bond motifs is 1. The number of nitrogens with zero attached hydrogens (tertiary/aromatic N) is 1. The molecule has 1 unspecified atom stereocenters. The van der Waals surface area contributed by atoms with E-state index in [-0.39, 0.29) is 12.5 Å². The number of hydrogen-bond acceptors (Lipinski definition) is 2. The van der Waals surface area contributed by atoms with E-state index in [0.717, 1.165) is 16.6 Å². The number of hydrogen-bond donors (Lipinski definition) is 1. The fraction of sp³-hybridized carbons (Fsp3) is 0.214. The number of aryl methyl sites for hydroxylation is 1. The number of carboxylic acid groups (broad SMARTS) is 1. The zero-order chi connectivity index (χ0) is 13.1. The SMILES string of the molecule is C=CC(COC(=O)O)c1cc2ccccc2n1C. The van der Waals surface area contributed by atoms with Gasteiger partial charge in [0, 0.05) is 18.3 Å². The maximum Gasteiger partial charge on any atom is 0.505 e. The van der Waals surface area contributed by atoms with E-state index in [0.29, 0.717) is 0 Å². The maximum atomic E-state index is 10.4. The highest BCUT2D eigenvalue weighted by molar-refractivity contribution is 5.81. The first kappa shape index (κ1) is 12.2. The van der Waals surface area contributed by atoms with Crippen molar-refractivity contribution in [2.75, 3.05) is 6.61 Å². The molecule has 1 heterocycles. The third kappa shape index (κ3) is 2.22. The Bertz CT molecular complexity index is 586. The second-order valence-electron chi connectivity index (χ2n) is 4.11. The number of ether oxygens (including phenoxy) is 1. The van der Waals surface area contributed by atoms with Gasteiger partial charge in [0.15, 0.2) is 0 Å². The molecule has 1 N–H and O–H groups in total. The Morgan fingerprint density at radius 3 is 2.89 bits per heavy atom. The van der Waals surface area contributed by atoms with Crippen molar-refractivity contribution in [3.05, 3.63) is 48.7 Å². The van der Waals surface area contributed by atoms with Gasteiger partial charge in [-0.1, -0.05) is 24.3 Å². The summed E-state index contributed by atoms with van der Waals surface area (Å²) in [6.45, 7) is 3.83. The average Bonchev–Trinajstić information content (AvgIpc) is 2.68. The molecule has 4 heteroatoms. The predicted octanol–water partition coefficient (Wildman–Crippen LogP) is 3.14. The summed E-state index contributed by atoms with van der Waals surface area (Å²) in [4.78, 5) is 10.4. The lowest BCUT2D eigenvalue weighted by Gasteiger charge is -2.13. The molecule has 0 spiro atoms. The second-order valence-corrected chi connectivity index (χ2v) is 4.11. The highest BCUT2D eigenvalue weighted by Crippen LogP contribution is 2.25. The number of carbonyl (C=O) groups is 1. The van der Waals surface area contributed by atoms with Gasteiger partial charge in [-0.2, -0.15) is 0 Å². The Balaban J connectivity index is 2.36. The van der Waals surface area contributed by atoms with Crippen LogP contribution in [0.5, 0.6) is 0 Å². The molecular formula is C14H15NO3. The van der Waals surface area contributed by atoms with Gasteiger partial charge in [-0.3, -0.25) is 0 Å². The zero-order valence-corrected chi connectivity index (χ0v) is 10.2. The Morgan fingerprint density at radius 2 is 2.28 bits per heavy atom. The van der Waals surface area contributed by atoms with Gasteiger partial charge in [0.1, 0.15) is 6.61 Å². The van der Waals surface area contributed by atoms with Crippen LogP contribution in [-0.2, 0) is 11.8 Å². The largest absolute Gasteiger partial charge is 0.505 e. The number of aromatic nitrogens is 1. The van der Waals surface area contributed by atoms with E-state index in [4.69, 9.17) is 5.11 Å². The molecule has 0 fully saturated rings. The third-order valence-corrected chi connectivity index (χ3v) is 3.04. The lowest BCUT2D eigenvalue weighted by atomic mass is 10.1. The van der Waals surface area contributed by atoms with Gasteiger partial charge in [-0.25, -0.2) is 4.79 Å². The summed E-state index contributed by atoms with van der Waals surface area (Å²) in [5, 5.41) is 9.67. The zero-order valence-electron chi connectivity index (χ0n) is 10.2. The van der Waals surface area contributed by atoms with Crippen molar-refractivity contribution in [1.82, 2.24) is 4.57 Å². The monoisotopic (exact) mass is 245 g/mol. The van der Waals surface area contributed by atoms with Gasteiger partial charge < -0.3 is 14.4 Å². The summed E-state index contributed by atoms with van der Waals surface area (Å²) in [6.07, 6.45) is 0.442. The molecule has 1 aromatic heterocycles. The molecule has 1 atom stereocenters. The van der Waals surface area contributed by atoms with E-state index in [2.05, 4.69) is 11.3 Å². The first-order chi connectivity index (χ1) is 8.63. The molecule has 0 aliphatic rings. The summed E-state index contributed by atoms with van der Waals surface area (Å²) in [6, 6.07) is 10.0. The van der Waals surface area contributed by atoms with Crippen LogP contribution < -0.4 is 0 Å². The standard InChI is InChI=1S/C14H15NO3/c1-3-10(9-18-14(16)17)13-8-11-6-4-5-7-12(11)15(13)2/h3-8,10H,1,9H2,2H3,(H,16,17). The first-order valence-electron chi connectivity index (χ1n) is 5.66. The van der Waals surface area contributed by atoms with Crippen molar-refractivity contribution >= 4 is 17.1 Å². The Kier molecular flexibility index (Phi) is 3.37. The van der Waals surface area contributed by atoms with Crippen molar-refractivity contribution in [1.29, 1.82) is 0 Å². The highest BCUT2D eigenvalue weighted by atomic mass is 16.7. The first-order valence-corrected chi connectivity index (χ1v) is 5.66. The molecule has 2 rings (SSSR count). The van der Waals surface area contributed by atoms with Crippen LogP contribution in [0, 0.1) is 0 Å². The average molecular weight is 245 g/mol. The van der Waals surface area contributed by atoms with Gasteiger partial charge in [-0.05, 0) is 17.5 Å². The molecule has 0 amide bonds. The molecule has 18 heavy (non-hydrogen) atoms. The lowest BCUT2D eigenvalue weighted by Crippen LogP contribution is -2.12. The molecule has 0 saturated heterocycles. The Hall–Kier alpha value is -2.23. The smallest absolute Gasteiger partial charge is 0.450 e. The highest BCUT2D eigenvalue weighted by Gasteiger charge is 2.15. The van der Waals surface area contributed by atoms with Crippen LogP contribution >= 0.6 is 0 Å². The van der Waals surface area contributed by atoms with Gasteiger partial charge >= 0.3 is 6.16 Å². The second kappa shape index (κ2) is 4.96. The van der Waals surface area contributed by atoms with Crippen LogP contribution in [-0.4, -0.2) is 22.4 Å². The fourth-order valence-corrected chi connectivity index (χ4v) is 2.10. The van der Waals surface area contributed by atoms with Crippen LogP contribution in [0.3, 0.4) is 0 Å². The molecule has 0 saturated carbocycles. The molecule has 0 radical (unpaired) electrons. The number of benzene rings is 1. The molecule has 0 aliphatic carbocycles. The fourth-order valence-electron chi connectivity index (χ4n) is 2.10. The van der Waals surface area contributed by atoms with E-state index in [9.17, 15) is 4.79 Å². The summed E-state index contributed by atoms with van der Waals surface area (Å²) in [5.74, 6) is -0.140. The molecule has 4 nitrogen and oxygen atoms in total. The van der Waals surface area contributed by atoms with Crippen LogP contribution in [0.25, 0.3) is 10.9 Å². The summed E-state index contributed by atoms with van der Waals surface area (Å²) in [5.41, 5.74) is 2.10. The van der Waals surface area contributed by atoms with Crippen LogP contribution in [0.4, 0.5) is 4.79 Å². The van der Waals surface area contributed by atoms with E-state index >= 15 is 0 Å². The van der Waals surface area contributed by atoms with E-state index in [1.165, 1.54) is 0 Å². The van der Waals surface area contributed by atoms with Crippen molar-refractivity contribution in [2.45, 2.75) is 5.92 Å². The van der Waals surface area contributed by atoms with Crippen LogP contribution in [0.2, 0.25) is 0 Å². The third-order valence-electron chi connectivity index (χ3n) is 3.04. The van der Waals surface area contributed by atoms with Crippen molar-refractivity contribution in [3.63, 3.8) is 0 Å². The van der Waals surface area contributed by atoms with E-state index in [1.807, 2.05) is 41.9 Å². The van der Waals surface area contributed by atoms with E-state index < -0.39 is 6.16 Å². The minimum Gasteiger partial charge on any atom is -0.450 e.